The number of hydrogen-bond donors (Lipinski definition) is 0. The second-order valence-corrected chi connectivity index (χ2v) is 5.73. The zero-order chi connectivity index (χ0) is 15.8. The Morgan fingerprint density at radius 2 is 2.09 bits per heavy atom. The van der Waals surface area contributed by atoms with Crippen LogP contribution in [0, 0.1) is 11.3 Å². The molecule has 2 aromatic heterocycles. The van der Waals surface area contributed by atoms with Crippen molar-refractivity contribution in [2.45, 2.75) is 18.9 Å². The average molecular weight is 309 g/mol. The molecule has 0 aliphatic carbocycles. The van der Waals surface area contributed by atoms with Crippen LogP contribution in [0.15, 0.2) is 24.8 Å². The van der Waals surface area contributed by atoms with E-state index in [2.05, 4.69) is 21.1 Å². The first-order chi connectivity index (χ1) is 11.3. The number of carbonyl (C=O) groups excluding carboxylic acids is 1. The molecule has 2 saturated heterocycles. The van der Waals surface area contributed by atoms with E-state index in [1.54, 1.807) is 17.3 Å². The van der Waals surface area contributed by atoms with Gasteiger partial charge in [0.05, 0.1) is 17.9 Å². The summed E-state index contributed by atoms with van der Waals surface area (Å²) in [7, 11) is 0. The first-order valence-corrected chi connectivity index (χ1v) is 7.57. The Labute approximate surface area is 133 Å². The van der Waals surface area contributed by atoms with Gasteiger partial charge >= 0.3 is 0 Å². The van der Waals surface area contributed by atoms with E-state index < -0.39 is 0 Å². The van der Waals surface area contributed by atoms with Crippen molar-refractivity contribution in [3.63, 3.8) is 0 Å². The van der Waals surface area contributed by atoms with Crippen LogP contribution >= 0.6 is 0 Å². The van der Waals surface area contributed by atoms with Crippen LogP contribution in [-0.4, -0.2) is 45.3 Å². The van der Waals surface area contributed by atoms with Crippen molar-refractivity contribution in [3.05, 3.63) is 30.5 Å². The van der Waals surface area contributed by atoms with E-state index in [0.29, 0.717) is 17.9 Å². The molecular weight excluding hydrogens is 294 g/mol. The predicted molar refractivity (Wildman–Crippen MR) is 81.8 cm³/mol. The summed E-state index contributed by atoms with van der Waals surface area (Å²) in [5.41, 5.74) is 1.21. The Morgan fingerprint density at radius 3 is 2.83 bits per heavy atom. The molecule has 0 aromatic carbocycles. The van der Waals surface area contributed by atoms with Crippen molar-refractivity contribution >= 4 is 17.4 Å². The summed E-state index contributed by atoms with van der Waals surface area (Å²) in [5.74, 6) is 0.784. The fraction of sp³-hybridized carbons (Fsp3) is 0.400. The van der Waals surface area contributed by atoms with Crippen LogP contribution in [0.25, 0.3) is 0 Å². The molecule has 0 spiro atoms. The smallest absolute Gasteiger partial charge is 0.227 e. The first kappa shape index (κ1) is 13.7. The molecule has 0 bridgehead atoms. The molecule has 4 heterocycles. The lowest BCUT2D eigenvalue weighted by molar-refractivity contribution is -0.117. The summed E-state index contributed by atoms with van der Waals surface area (Å²) in [5, 5.41) is 13.5. The molecule has 8 heteroatoms. The highest BCUT2D eigenvalue weighted by Gasteiger charge is 2.32. The van der Waals surface area contributed by atoms with Crippen molar-refractivity contribution in [1.82, 2.24) is 19.7 Å². The minimum Gasteiger partial charge on any atom is -0.350 e. The van der Waals surface area contributed by atoms with Crippen molar-refractivity contribution in [3.8, 4) is 6.07 Å². The Morgan fingerprint density at radius 1 is 1.26 bits per heavy atom. The van der Waals surface area contributed by atoms with E-state index in [1.807, 2.05) is 15.8 Å². The van der Waals surface area contributed by atoms with Crippen molar-refractivity contribution in [1.29, 1.82) is 5.26 Å². The third kappa shape index (κ3) is 2.30. The van der Waals surface area contributed by atoms with Gasteiger partial charge in [-0.25, -0.2) is 9.97 Å². The fourth-order valence-electron chi connectivity index (χ4n) is 3.02. The number of hydrogen-bond acceptors (Lipinski definition) is 6. The second kappa shape index (κ2) is 5.35. The number of amides is 1. The quantitative estimate of drug-likeness (QED) is 0.830. The lowest BCUT2D eigenvalue weighted by Crippen LogP contribution is -2.48. The molecule has 4 rings (SSSR count). The monoisotopic (exact) mass is 309 g/mol. The summed E-state index contributed by atoms with van der Waals surface area (Å²) in [6, 6.07) is 2.28. The van der Waals surface area contributed by atoms with E-state index in [9.17, 15) is 4.79 Å². The maximum Gasteiger partial charge on any atom is 0.227 e. The highest BCUT2D eigenvalue weighted by atomic mass is 16.2. The standard InChI is InChI=1S/C15H15N7O/c16-6-13-15(18-4-3-17-13)20-8-12(9-20)22-10-11(7-19-22)21-5-1-2-14(21)23/h3-4,7,10,12H,1-2,5,8-9H2. The predicted octanol–water partition coefficient (Wildman–Crippen LogP) is 0.733. The van der Waals surface area contributed by atoms with Crippen LogP contribution in [0.5, 0.6) is 0 Å². The maximum atomic E-state index is 11.8. The molecule has 2 aromatic rings. The number of anilines is 2. The van der Waals surface area contributed by atoms with E-state index in [1.165, 1.54) is 6.20 Å². The number of aromatic nitrogens is 4. The average Bonchev–Trinajstić information content (AvgIpc) is 3.15. The zero-order valence-electron chi connectivity index (χ0n) is 12.5. The molecule has 2 aliphatic heterocycles. The Kier molecular flexibility index (Phi) is 3.19. The zero-order valence-corrected chi connectivity index (χ0v) is 12.5. The Bertz CT molecular complexity index is 787. The van der Waals surface area contributed by atoms with Crippen LogP contribution in [0.4, 0.5) is 11.5 Å². The highest BCUT2D eigenvalue weighted by molar-refractivity contribution is 5.95. The summed E-state index contributed by atoms with van der Waals surface area (Å²) < 4.78 is 1.89. The number of nitriles is 1. The molecule has 2 fully saturated rings. The summed E-state index contributed by atoms with van der Waals surface area (Å²) >= 11 is 0. The van der Waals surface area contributed by atoms with Crippen molar-refractivity contribution < 1.29 is 4.79 Å². The second-order valence-electron chi connectivity index (χ2n) is 5.73. The molecule has 0 saturated carbocycles. The molecule has 0 atom stereocenters. The van der Waals surface area contributed by atoms with Gasteiger partial charge in [-0.3, -0.25) is 9.48 Å². The van der Waals surface area contributed by atoms with Gasteiger partial charge in [0.15, 0.2) is 11.5 Å². The van der Waals surface area contributed by atoms with Gasteiger partial charge in [-0.15, -0.1) is 0 Å². The van der Waals surface area contributed by atoms with Gasteiger partial charge in [-0.2, -0.15) is 10.4 Å². The molecule has 0 unspecified atom stereocenters. The summed E-state index contributed by atoms with van der Waals surface area (Å²) in [6.45, 7) is 2.22. The molecule has 0 radical (unpaired) electrons. The maximum absolute atomic E-state index is 11.8. The molecule has 116 valence electrons. The van der Waals surface area contributed by atoms with Crippen LogP contribution in [0.2, 0.25) is 0 Å². The first-order valence-electron chi connectivity index (χ1n) is 7.57. The van der Waals surface area contributed by atoms with Crippen molar-refractivity contribution in [2.24, 2.45) is 0 Å². The van der Waals surface area contributed by atoms with Crippen LogP contribution in [0.3, 0.4) is 0 Å². The normalized spacial score (nSPS) is 18.1. The fourth-order valence-corrected chi connectivity index (χ4v) is 3.02. The van der Waals surface area contributed by atoms with E-state index in [-0.39, 0.29) is 11.9 Å². The van der Waals surface area contributed by atoms with E-state index >= 15 is 0 Å². The highest BCUT2D eigenvalue weighted by Crippen LogP contribution is 2.29. The number of rotatable bonds is 3. The number of carbonyl (C=O) groups is 1. The third-order valence-electron chi connectivity index (χ3n) is 4.29. The van der Waals surface area contributed by atoms with Gasteiger partial charge in [0.25, 0.3) is 0 Å². The molecule has 1 amide bonds. The third-order valence-corrected chi connectivity index (χ3v) is 4.29. The molecule has 0 N–H and O–H groups in total. The molecule has 23 heavy (non-hydrogen) atoms. The van der Waals surface area contributed by atoms with Crippen LogP contribution in [0.1, 0.15) is 24.6 Å². The number of nitrogens with zero attached hydrogens (tertiary/aromatic N) is 7. The van der Waals surface area contributed by atoms with Gasteiger partial charge in [0.1, 0.15) is 6.07 Å². The Balaban J connectivity index is 1.45. The van der Waals surface area contributed by atoms with Gasteiger partial charge < -0.3 is 9.80 Å². The minimum absolute atomic E-state index is 0.165. The molecule has 2 aliphatic rings. The molecule has 8 nitrogen and oxygen atoms in total. The van der Waals surface area contributed by atoms with E-state index in [4.69, 9.17) is 5.26 Å². The van der Waals surface area contributed by atoms with Gasteiger partial charge in [0.2, 0.25) is 5.91 Å². The topological polar surface area (TPSA) is 90.9 Å². The van der Waals surface area contributed by atoms with Gasteiger partial charge in [-0.1, -0.05) is 0 Å². The Hall–Kier alpha value is -2.95. The molecular formula is C15H15N7O. The lowest BCUT2D eigenvalue weighted by Gasteiger charge is -2.40. The van der Waals surface area contributed by atoms with E-state index in [0.717, 1.165) is 31.7 Å². The van der Waals surface area contributed by atoms with Crippen molar-refractivity contribution in [2.75, 3.05) is 29.4 Å². The van der Waals surface area contributed by atoms with Gasteiger partial charge in [-0.05, 0) is 6.42 Å². The van der Waals surface area contributed by atoms with Crippen LogP contribution < -0.4 is 9.80 Å². The summed E-state index contributed by atoms with van der Waals surface area (Å²) in [6.07, 6.45) is 8.31. The summed E-state index contributed by atoms with van der Waals surface area (Å²) in [4.78, 5) is 23.8. The van der Waals surface area contributed by atoms with Crippen LogP contribution in [-0.2, 0) is 4.79 Å². The SMILES string of the molecule is N#Cc1nccnc1N1CC(n2cc(N3CCCC3=O)cn2)C1. The minimum atomic E-state index is 0.165. The largest absolute Gasteiger partial charge is 0.350 e. The lowest BCUT2D eigenvalue weighted by atomic mass is 10.1. The van der Waals surface area contributed by atoms with Gasteiger partial charge in [0, 0.05) is 44.6 Å².